The molecule has 0 aliphatic rings. The maximum absolute atomic E-state index is 5.73. The van der Waals surface area contributed by atoms with E-state index in [2.05, 4.69) is 9.97 Å². The minimum absolute atomic E-state index is 0.00267. The van der Waals surface area contributed by atoms with Gasteiger partial charge in [0, 0.05) is 29.7 Å². The van der Waals surface area contributed by atoms with Gasteiger partial charge < -0.3 is 10.7 Å². The van der Waals surface area contributed by atoms with Gasteiger partial charge in [-0.3, -0.25) is 0 Å². The van der Waals surface area contributed by atoms with Crippen LogP contribution in [0.2, 0.25) is 0 Å². The Kier molecular flexibility index (Phi) is 2.91. The van der Waals surface area contributed by atoms with Gasteiger partial charge >= 0.3 is 0 Å². The molecule has 2 atom stereocenters. The number of H-pyrrole nitrogens is 1. The standard InChI is InChI=1S/C7H12ClN3/c1-5(6(9)2-8)7-3-10-4-11-7/h3-6H,2,9H2,1H3,(H,10,11). The van der Waals surface area contributed by atoms with Crippen molar-refractivity contribution in [3.8, 4) is 0 Å². The van der Waals surface area contributed by atoms with Crippen LogP contribution in [-0.4, -0.2) is 21.9 Å². The molecular formula is C7H12ClN3. The Morgan fingerprint density at radius 1 is 1.82 bits per heavy atom. The molecule has 3 nitrogen and oxygen atoms in total. The Labute approximate surface area is 71.0 Å². The molecular weight excluding hydrogens is 162 g/mol. The summed E-state index contributed by atoms with van der Waals surface area (Å²) >= 11 is 5.60. The summed E-state index contributed by atoms with van der Waals surface area (Å²) in [5, 5.41) is 0. The van der Waals surface area contributed by atoms with Crippen LogP contribution in [0.25, 0.3) is 0 Å². The summed E-state index contributed by atoms with van der Waals surface area (Å²) in [5.41, 5.74) is 6.77. The highest BCUT2D eigenvalue weighted by Gasteiger charge is 2.14. The van der Waals surface area contributed by atoms with Gasteiger partial charge in [0.15, 0.2) is 0 Å². The number of aromatic nitrogens is 2. The third-order valence-corrected chi connectivity index (χ3v) is 2.19. The summed E-state index contributed by atoms with van der Waals surface area (Å²) < 4.78 is 0. The van der Waals surface area contributed by atoms with Crippen molar-refractivity contribution < 1.29 is 0 Å². The van der Waals surface area contributed by atoms with Crippen LogP contribution in [0.3, 0.4) is 0 Å². The molecule has 0 fully saturated rings. The maximum atomic E-state index is 5.73. The first kappa shape index (κ1) is 8.56. The highest BCUT2D eigenvalue weighted by Crippen LogP contribution is 2.14. The molecule has 0 aliphatic heterocycles. The summed E-state index contributed by atoms with van der Waals surface area (Å²) in [7, 11) is 0. The number of alkyl halides is 1. The zero-order chi connectivity index (χ0) is 8.27. The number of nitrogens with one attached hydrogen (secondary N) is 1. The van der Waals surface area contributed by atoms with Crippen molar-refractivity contribution in [1.82, 2.24) is 9.97 Å². The molecule has 1 aromatic rings. The smallest absolute Gasteiger partial charge is 0.0921 e. The fraction of sp³-hybridized carbons (Fsp3) is 0.571. The molecule has 1 rings (SSSR count). The monoisotopic (exact) mass is 173 g/mol. The zero-order valence-electron chi connectivity index (χ0n) is 6.42. The number of nitrogens with two attached hydrogens (primary N) is 1. The van der Waals surface area contributed by atoms with Crippen LogP contribution >= 0.6 is 11.6 Å². The number of aromatic amines is 1. The van der Waals surface area contributed by atoms with Gasteiger partial charge in [-0.2, -0.15) is 0 Å². The molecule has 0 bridgehead atoms. The van der Waals surface area contributed by atoms with E-state index in [1.807, 2.05) is 6.92 Å². The number of hydrogen-bond acceptors (Lipinski definition) is 2. The molecule has 0 spiro atoms. The number of imidazole rings is 1. The van der Waals surface area contributed by atoms with E-state index in [1.54, 1.807) is 12.5 Å². The molecule has 0 aliphatic carbocycles. The molecule has 0 saturated carbocycles. The summed E-state index contributed by atoms with van der Waals surface area (Å²) in [6.45, 7) is 2.03. The van der Waals surface area contributed by atoms with Crippen molar-refractivity contribution in [1.29, 1.82) is 0 Å². The number of hydrogen-bond donors (Lipinski definition) is 2. The first-order valence-electron chi connectivity index (χ1n) is 3.55. The summed E-state index contributed by atoms with van der Waals surface area (Å²) in [5.74, 6) is 0.718. The van der Waals surface area contributed by atoms with Crippen LogP contribution in [0.5, 0.6) is 0 Å². The second-order valence-electron chi connectivity index (χ2n) is 2.61. The second kappa shape index (κ2) is 3.74. The molecule has 62 valence electrons. The number of halogens is 1. The van der Waals surface area contributed by atoms with Crippen molar-refractivity contribution in [2.24, 2.45) is 5.73 Å². The second-order valence-corrected chi connectivity index (χ2v) is 2.92. The summed E-state index contributed by atoms with van der Waals surface area (Å²) in [6, 6.07) is -0.00267. The van der Waals surface area contributed by atoms with Crippen LogP contribution in [0, 0.1) is 0 Å². The van der Waals surface area contributed by atoms with E-state index in [4.69, 9.17) is 17.3 Å². The van der Waals surface area contributed by atoms with E-state index in [1.165, 1.54) is 0 Å². The summed E-state index contributed by atoms with van der Waals surface area (Å²) in [4.78, 5) is 6.91. The number of rotatable bonds is 3. The minimum atomic E-state index is -0.00267. The van der Waals surface area contributed by atoms with Gasteiger partial charge in [0.25, 0.3) is 0 Å². The molecule has 2 unspecified atom stereocenters. The van der Waals surface area contributed by atoms with Crippen LogP contribution < -0.4 is 5.73 Å². The average Bonchev–Trinajstić information content (AvgIpc) is 2.53. The molecule has 0 radical (unpaired) electrons. The van der Waals surface area contributed by atoms with Crippen molar-refractivity contribution >= 4 is 11.6 Å². The highest BCUT2D eigenvalue weighted by molar-refractivity contribution is 6.18. The quantitative estimate of drug-likeness (QED) is 0.673. The van der Waals surface area contributed by atoms with Crippen molar-refractivity contribution in [3.63, 3.8) is 0 Å². The van der Waals surface area contributed by atoms with E-state index in [9.17, 15) is 0 Å². The van der Waals surface area contributed by atoms with Crippen LogP contribution in [0.15, 0.2) is 12.5 Å². The average molecular weight is 174 g/mol. The van der Waals surface area contributed by atoms with Gasteiger partial charge in [0.2, 0.25) is 0 Å². The Hall–Kier alpha value is -0.540. The van der Waals surface area contributed by atoms with E-state index in [-0.39, 0.29) is 12.0 Å². The Morgan fingerprint density at radius 2 is 2.55 bits per heavy atom. The van der Waals surface area contributed by atoms with Gasteiger partial charge in [-0.25, -0.2) is 4.98 Å². The van der Waals surface area contributed by atoms with E-state index >= 15 is 0 Å². The topological polar surface area (TPSA) is 54.7 Å². The molecule has 0 aromatic carbocycles. The normalized spacial score (nSPS) is 16.3. The van der Waals surface area contributed by atoms with Crippen molar-refractivity contribution in [3.05, 3.63) is 18.2 Å². The predicted octanol–water partition coefficient (Wildman–Crippen LogP) is 1.08. The third-order valence-electron chi connectivity index (χ3n) is 1.83. The first-order chi connectivity index (χ1) is 5.25. The largest absolute Gasteiger partial charge is 0.348 e. The minimum Gasteiger partial charge on any atom is -0.348 e. The summed E-state index contributed by atoms with van der Waals surface area (Å²) in [6.07, 6.45) is 3.42. The molecule has 3 N–H and O–H groups in total. The van der Waals surface area contributed by atoms with Gasteiger partial charge in [0.05, 0.1) is 6.33 Å². The van der Waals surface area contributed by atoms with Gasteiger partial charge in [-0.1, -0.05) is 6.92 Å². The lowest BCUT2D eigenvalue weighted by Gasteiger charge is -2.14. The van der Waals surface area contributed by atoms with Gasteiger partial charge in [-0.05, 0) is 0 Å². The van der Waals surface area contributed by atoms with Gasteiger partial charge in [0.1, 0.15) is 0 Å². The highest BCUT2D eigenvalue weighted by atomic mass is 35.5. The molecule has 4 heteroatoms. The van der Waals surface area contributed by atoms with E-state index < -0.39 is 0 Å². The fourth-order valence-electron chi connectivity index (χ4n) is 0.880. The Balaban J connectivity index is 2.62. The lowest BCUT2D eigenvalue weighted by molar-refractivity contribution is 0.606. The first-order valence-corrected chi connectivity index (χ1v) is 4.09. The van der Waals surface area contributed by atoms with Crippen molar-refractivity contribution in [2.45, 2.75) is 18.9 Å². The van der Waals surface area contributed by atoms with Gasteiger partial charge in [-0.15, -0.1) is 11.6 Å². The fourth-order valence-corrected chi connectivity index (χ4v) is 1.15. The third kappa shape index (κ3) is 1.94. The Morgan fingerprint density at radius 3 is 3.00 bits per heavy atom. The van der Waals surface area contributed by atoms with Crippen molar-refractivity contribution in [2.75, 3.05) is 5.88 Å². The van der Waals surface area contributed by atoms with E-state index in [0.717, 1.165) is 5.69 Å². The maximum Gasteiger partial charge on any atom is 0.0921 e. The SMILES string of the molecule is CC(c1cnc[nH]1)C(N)CCl. The van der Waals surface area contributed by atoms with Crippen LogP contribution in [0.4, 0.5) is 0 Å². The van der Waals surface area contributed by atoms with E-state index in [0.29, 0.717) is 5.88 Å². The van der Waals surface area contributed by atoms with Crippen LogP contribution in [0.1, 0.15) is 18.5 Å². The zero-order valence-corrected chi connectivity index (χ0v) is 7.17. The number of nitrogens with zero attached hydrogens (tertiary/aromatic N) is 1. The Bertz CT molecular complexity index is 197. The molecule has 0 saturated heterocycles. The molecule has 11 heavy (non-hydrogen) atoms. The lowest BCUT2D eigenvalue weighted by Crippen LogP contribution is -2.28. The predicted molar refractivity (Wildman–Crippen MR) is 45.7 cm³/mol. The van der Waals surface area contributed by atoms with Crippen LogP contribution in [-0.2, 0) is 0 Å². The molecule has 1 aromatic heterocycles. The lowest BCUT2D eigenvalue weighted by atomic mass is 10.0. The molecule has 1 heterocycles. The molecule has 0 amide bonds.